The topological polar surface area (TPSA) is 101 Å². The van der Waals surface area contributed by atoms with Gasteiger partial charge in [0.2, 0.25) is 10.0 Å². The molecular formula is C13H18N4O2S. The second-order valence-electron chi connectivity index (χ2n) is 4.41. The fourth-order valence-electron chi connectivity index (χ4n) is 1.90. The van der Waals surface area contributed by atoms with Crippen LogP contribution in [0.3, 0.4) is 0 Å². The Morgan fingerprint density at radius 2 is 2.25 bits per heavy atom. The van der Waals surface area contributed by atoms with Gasteiger partial charge in [0, 0.05) is 18.9 Å². The maximum Gasteiger partial charge on any atom is 0.241 e. The van der Waals surface area contributed by atoms with Crippen LogP contribution in [0.5, 0.6) is 0 Å². The van der Waals surface area contributed by atoms with Crippen LogP contribution in [0.2, 0.25) is 0 Å². The molecule has 4 N–H and O–H groups in total. The van der Waals surface area contributed by atoms with Gasteiger partial charge in [-0.15, -0.1) is 0 Å². The molecule has 0 fully saturated rings. The predicted octanol–water partition coefficient (Wildman–Crippen LogP) is 1.30. The Kier molecular flexibility index (Phi) is 4.53. The molecule has 0 aliphatic carbocycles. The Morgan fingerprint density at radius 1 is 1.45 bits per heavy atom. The summed E-state index contributed by atoms with van der Waals surface area (Å²) in [5.41, 5.74) is 6.31. The van der Waals surface area contributed by atoms with E-state index in [9.17, 15) is 8.42 Å². The Bertz CT molecular complexity index is 653. The zero-order valence-electron chi connectivity index (χ0n) is 11.2. The highest BCUT2D eigenvalue weighted by Crippen LogP contribution is 2.18. The number of aromatic nitrogens is 2. The first kappa shape index (κ1) is 14.7. The lowest BCUT2D eigenvalue weighted by atomic mass is 10.2. The average molecular weight is 294 g/mol. The fourth-order valence-corrected chi connectivity index (χ4v) is 3.25. The molecule has 1 unspecified atom stereocenters. The Morgan fingerprint density at radius 3 is 2.85 bits per heavy atom. The van der Waals surface area contributed by atoms with Crippen LogP contribution in [-0.2, 0) is 16.6 Å². The molecule has 6 nitrogen and oxygen atoms in total. The molecule has 2 rings (SSSR count). The molecule has 0 saturated heterocycles. The number of sulfonamides is 1. The minimum absolute atomic E-state index is 0.213. The van der Waals surface area contributed by atoms with Gasteiger partial charge >= 0.3 is 0 Å². The SMILES string of the molecule is CCC(NS(=O)(=O)c1cccc(CN)c1)c1ncc[nH]1. The number of aromatic amines is 1. The minimum Gasteiger partial charge on any atom is -0.347 e. The second kappa shape index (κ2) is 6.17. The first-order valence-corrected chi connectivity index (χ1v) is 7.85. The Hall–Kier alpha value is -1.70. The normalized spacial score (nSPS) is 13.3. The summed E-state index contributed by atoms with van der Waals surface area (Å²) in [4.78, 5) is 7.24. The summed E-state index contributed by atoms with van der Waals surface area (Å²) < 4.78 is 27.4. The van der Waals surface area contributed by atoms with Crippen molar-refractivity contribution in [1.82, 2.24) is 14.7 Å². The first-order chi connectivity index (χ1) is 9.56. The van der Waals surface area contributed by atoms with Gasteiger partial charge in [0.15, 0.2) is 0 Å². The summed E-state index contributed by atoms with van der Waals surface area (Å²) in [6, 6.07) is 6.23. The molecule has 20 heavy (non-hydrogen) atoms. The maximum absolute atomic E-state index is 12.4. The van der Waals surface area contributed by atoms with Gasteiger partial charge in [0.25, 0.3) is 0 Å². The van der Waals surface area contributed by atoms with Crippen LogP contribution in [0.1, 0.15) is 30.8 Å². The highest BCUT2D eigenvalue weighted by Gasteiger charge is 2.21. The molecule has 0 spiro atoms. The summed E-state index contributed by atoms with van der Waals surface area (Å²) in [5.74, 6) is 0.603. The van der Waals surface area contributed by atoms with Gasteiger partial charge in [-0.05, 0) is 24.1 Å². The van der Waals surface area contributed by atoms with Gasteiger partial charge in [-0.2, -0.15) is 0 Å². The smallest absolute Gasteiger partial charge is 0.241 e. The van der Waals surface area contributed by atoms with Crippen molar-refractivity contribution < 1.29 is 8.42 Å². The number of hydrogen-bond acceptors (Lipinski definition) is 4. The van der Waals surface area contributed by atoms with Crippen molar-refractivity contribution >= 4 is 10.0 Å². The molecule has 7 heteroatoms. The van der Waals surface area contributed by atoms with E-state index >= 15 is 0 Å². The molecule has 1 aromatic heterocycles. The van der Waals surface area contributed by atoms with Gasteiger partial charge in [0.1, 0.15) is 5.82 Å². The van der Waals surface area contributed by atoms with E-state index in [-0.39, 0.29) is 10.9 Å². The monoisotopic (exact) mass is 294 g/mol. The quantitative estimate of drug-likeness (QED) is 0.747. The van der Waals surface area contributed by atoms with E-state index in [2.05, 4.69) is 14.7 Å². The Labute approximate surface area is 118 Å². The number of nitrogens with zero attached hydrogens (tertiary/aromatic N) is 1. The third kappa shape index (κ3) is 3.24. The van der Waals surface area contributed by atoms with Crippen molar-refractivity contribution in [2.24, 2.45) is 5.73 Å². The number of hydrogen-bond donors (Lipinski definition) is 3. The lowest BCUT2D eigenvalue weighted by molar-refractivity contribution is 0.539. The van der Waals surface area contributed by atoms with E-state index in [1.807, 2.05) is 6.92 Å². The molecule has 108 valence electrons. The van der Waals surface area contributed by atoms with E-state index in [0.29, 0.717) is 18.8 Å². The van der Waals surface area contributed by atoms with E-state index in [1.54, 1.807) is 36.7 Å². The van der Waals surface area contributed by atoms with Gasteiger partial charge in [-0.3, -0.25) is 0 Å². The second-order valence-corrected chi connectivity index (χ2v) is 6.12. The standard InChI is InChI=1S/C13H18N4O2S/c1-2-12(13-15-6-7-16-13)17-20(18,19)11-5-3-4-10(8-11)9-14/h3-8,12,17H,2,9,14H2,1H3,(H,15,16). The van der Waals surface area contributed by atoms with Crippen LogP contribution in [-0.4, -0.2) is 18.4 Å². The molecule has 2 aromatic rings. The third-order valence-electron chi connectivity index (χ3n) is 3.00. The number of imidazole rings is 1. The molecule has 0 aliphatic rings. The molecule has 0 aliphatic heterocycles. The first-order valence-electron chi connectivity index (χ1n) is 6.37. The number of nitrogens with one attached hydrogen (secondary N) is 2. The van der Waals surface area contributed by atoms with Crippen LogP contribution >= 0.6 is 0 Å². The average Bonchev–Trinajstić information content (AvgIpc) is 2.99. The molecule has 0 saturated carbocycles. The van der Waals surface area contributed by atoms with Crippen LogP contribution in [0.15, 0.2) is 41.6 Å². The molecule has 0 radical (unpaired) electrons. The molecule has 1 aromatic carbocycles. The summed E-state index contributed by atoms with van der Waals surface area (Å²) in [6.07, 6.45) is 3.87. The molecular weight excluding hydrogens is 276 g/mol. The lowest BCUT2D eigenvalue weighted by Gasteiger charge is -2.15. The zero-order chi connectivity index (χ0) is 14.6. The van der Waals surface area contributed by atoms with Gasteiger partial charge < -0.3 is 10.7 Å². The summed E-state index contributed by atoms with van der Waals surface area (Å²) in [7, 11) is -3.60. The minimum atomic E-state index is -3.60. The molecule has 1 atom stereocenters. The van der Waals surface area contributed by atoms with Crippen LogP contribution in [0, 0.1) is 0 Å². The third-order valence-corrected chi connectivity index (χ3v) is 4.47. The highest BCUT2D eigenvalue weighted by molar-refractivity contribution is 7.89. The highest BCUT2D eigenvalue weighted by atomic mass is 32.2. The number of H-pyrrole nitrogens is 1. The van der Waals surface area contributed by atoms with E-state index < -0.39 is 10.0 Å². The number of rotatable bonds is 6. The molecule has 1 heterocycles. The summed E-state index contributed by atoms with van der Waals surface area (Å²) in [5, 5.41) is 0. The number of benzene rings is 1. The lowest BCUT2D eigenvalue weighted by Crippen LogP contribution is -2.29. The van der Waals surface area contributed by atoms with E-state index in [0.717, 1.165) is 5.56 Å². The summed E-state index contributed by atoms with van der Waals surface area (Å²) in [6.45, 7) is 2.20. The van der Waals surface area contributed by atoms with Crippen molar-refractivity contribution in [2.45, 2.75) is 30.8 Å². The van der Waals surface area contributed by atoms with Crippen molar-refractivity contribution in [2.75, 3.05) is 0 Å². The summed E-state index contributed by atoms with van der Waals surface area (Å²) >= 11 is 0. The Balaban J connectivity index is 2.26. The van der Waals surface area contributed by atoms with E-state index in [1.165, 1.54) is 0 Å². The van der Waals surface area contributed by atoms with Gasteiger partial charge in [-0.25, -0.2) is 18.1 Å². The number of nitrogens with two attached hydrogens (primary N) is 1. The van der Waals surface area contributed by atoms with Crippen molar-refractivity contribution in [3.8, 4) is 0 Å². The maximum atomic E-state index is 12.4. The van der Waals surface area contributed by atoms with Gasteiger partial charge in [-0.1, -0.05) is 19.1 Å². The largest absolute Gasteiger partial charge is 0.347 e. The zero-order valence-corrected chi connectivity index (χ0v) is 12.0. The van der Waals surface area contributed by atoms with Crippen LogP contribution < -0.4 is 10.5 Å². The fraction of sp³-hybridized carbons (Fsp3) is 0.308. The molecule has 0 amide bonds. The predicted molar refractivity (Wildman–Crippen MR) is 76.3 cm³/mol. The van der Waals surface area contributed by atoms with E-state index in [4.69, 9.17) is 5.73 Å². The van der Waals surface area contributed by atoms with Crippen molar-refractivity contribution in [1.29, 1.82) is 0 Å². The molecule has 0 bridgehead atoms. The van der Waals surface area contributed by atoms with Gasteiger partial charge in [0.05, 0.1) is 10.9 Å². The van der Waals surface area contributed by atoms with Crippen molar-refractivity contribution in [3.05, 3.63) is 48.0 Å². The van der Waals surface area contributed by atoms with Crippen LogP contribution in [0.25, 0.3) is 0 Å². The van der Waals surface area contributed by atoms with Crippen LogP contribution in [0.4, 0.5) is 0 Å². The van der Waals surface area contributed by atoms with Crippen molar-refractivity contribution in [3.63, 3.8) is 0 Å².